The van der Waals surface area contributed by atoms with Gasteiger partial charge in [-0.1, -0.05) is 12.1 Å². The Morgan fingerprint density at radius 3 is 2.52 bits per heavy atom. The number of benzene rings is 2. The molecular weight excluding hydrogens is 342 g/mol. The van der Waals surface area contributed by atoms with Gasteiger partial charge in [0.05, 0.1) is 19.6 Å². The molecule has 1 unspecified atom stereocenters. The van der Waals surface area contributed by atoms with Crippen molar-refractivity contribution in [3.05, 3.63) is 59.8 Å². The standard InChI is InChI=1S/C21H23N3O3/c1-13-10-16-11-17(6-9-19(16)22-13)24-21(26)12-20(23-14(2)25)15-4-7-18(27-3)8-5-15/h4-11,20,22H,12H2,1-3H3,(H,23,25)(H,24,26). The molecule has 0 aliphatic carbocycles. The Hall–Kier alpha value is -3.28. The first kappa shape index (κ1) is 18.5. The SMILES string of the molecule is COc1ccc(C(CC(=O)Nc2ccc3[nH]c(C)cc3c2)NC(C)=O)cc1. The van der Waals surface area contributed by atoms with Gasteiger partial charge in [0.15, 0.2) is 0 Å². The van der Waals surface area contributed by atoms with Crippen molar-refractivity contribution in [2.75, 3.05) is 12.4 Å². The van der Waals surface area contributed by atoms with Crippen molar-refractivity contribution in [3.63, 3.8) is 0 Å². The maximum atomic E-state index is 12.5. The first-order valence-corrected chi connectivity index (χ1v) is 8.75. The molecule has 3 N–H and O–H groups in total. The van der Waals surface area contributed by atoms with Crippen LogP contribution in [0.4, 0.5) is 5.69 Å². The zero-order chi connectivity index (χ0) is 19.4. The number of carbonyl (C=O) groups excluding carboxylic acids is 2. The van der Waals surface area contributed by atoms with E-state index in [1.807, 2.05) is 55.5 Å². The molecule has 1 aromatic heterocycles. The second kappa shape index (κ2) is 7.95. The molecule has 0 saturated carbocycles. The monoisotopic (exact) mass is 365 g/mol. The lowest BCUT2D eigenvalue weighted by Gasteiger charge is -2.18. The molecule has 0 fully saturated rings. The molecule has 6 heteroatoms. The largest absolute Gasteiger partial charge is 0.497 e. The second-order valence-electron chi connectivity index (χ2n) is 6.53. The Labute approximate surface area is 157 Å². The first-order chi connectivity index (χ1) is 12.9. The minimum absolute atomic E-state index is 0.135. The molecule has 0 aliphatic rings. The summed E-state index contributed by atoms with van der Waals surface area (Å²) >= 11 is 0. The van der Waals surface area contributed by atoms with Crippen LogP contribution in [0.5, 0.6) is 5.75 Å². The maximum Gasteiger partial charge on any atom is 0.226 e. The molecule has 1 atom stereocenters. The Morgan fingerprint density at radius 1 is 1.11 bits per heavy atom. The fourth-order valence-corrected chi connectivity index (χ4v) is 3.09. The van der Waals surface area contributed by atoms with Crippen LogP contribution in [0.1, 0.15) is 30.6 Å². The lowest BCUT2D eigenvalue weighted by molar-refractivity contribution is -0.120. The average molecular weight is 365 g/mol. The Kier molecular flexibility index (Phi) is 5.45. The number of nitrogens with one attached hydrogen (secondary N) is 3. The van der Waals surface area contributed by atoms with Gasteiger partial charge >= 0.3 is 0 Å². The number of hydrogen-bond donors (Lipinski definition) is 3. The molecule has 140 valence electrons. The summed E-state index contributed by atoms with van der Waals surface area (Å²) in [7, 11) is 1.59. The minimum atomic E-state index is -0.411. The summed E-state index contributed by atoms with van der Waals surface area (Å²) in [5, 5.41) is 6.79. The number of rotatable bonds is 6. The lowest BCUT2D eigenvalue weighted by Crippen LogP contribution is -2.29. The number of carbonyl (C=O) groups is 2. The van der Waals surface area contributed by atoms with E-state index in [1.54, 1.807) is 7.11 Å². The summed E-state index contributed by atoms with van der Waals surface area (Å²) in [6.07, 6.45) is 0.135. The number of aromatic amines is 1. The van der Waals surface area contributed by atoms with E-state index in [9.17, 15) is 9.59 Å². The van der Waals surface area contributed by atoms with E-state index in [4.69, 9.17) is 4.74 Å². The van der Waals surface area contributed by atoms with Gasteiger partial charge in [-0.25, -0.2) is 0 Å². The van der Waals surface area contributed by atoms with Gasteiger partial charge in [-0.3, -0.25) is 9.59 Å². The van der Waals surface area contributed by atoms with Crippen molar-refractivity contribution < 1.29 is 14.3 Å². The molecule has 0 saturated heterocycles. The number of aromatic nitrogens is 1. The third-order valence-corrected chi connectivity index (χ3v) is 4.32. The summed E-state index contributed by atoms with van der Waals surface area (Å²) < 4.78 is 5.16. The Bertz CT molecular complexity index is 960. The van der Waals surface area contributed by atoms with Crippen LogP contribution in [0.25, 0.3) is 10.9 Å². The van der Waals surface area contributed by atoms with Crippen molar-refractivity contribution in [2.45, 2.75) is 26.3 Å². The highest BCUT2D eigenvalue weighted by Gasteiger charge is 2.17. The van der Waals surface area contributed by atoms with Crippen molar-refractivity contribution >= 4 is 28.4 Å². The van der Waals surface area contributed by atoms with E-state index in [2.05, 4.69) is 15.6 Å². The molecule has 0 spiro atoms. The van der Waals surface area contributed by atoms with Gasteiger partial charge in [0, 0.05) is 29.2 Å². The van der Waals surface area contributed by atoms with Crippen molar-refractivity contribution in [2.24, 2.45) is 0 Å². The number of aryl methyl sites for hydroxylation is 1. The van der Waals surface area contributed by atoms with Gasteiger partial charge in [-0.05, 0) is 48.9 Å². The number of fused-ring (bicyclic) bond motifs is 1. The number of H-pyrrole nitrogens is 1. The number of anilines is 1. The molecule has 6 nitrogen and oxygen atoms in total. The van der Waals surface area contributed by atoms with E-state index in [-0.39, 0.29) is 18.2 Å². The van der Waals surface area contributed by atoms with Gasteiger partial charge in [0.1, 0.15) is 5.75 Å². The second-order valence-corrected chi connectivity index (χ2v) is 6.53. The molecule has 1 heterocycles. The van der Waals surface area contributed by atoms with E-state index in [1.165, 1.54) is 6.92 Å². The Morgan fingerprint density at radius 2 is 1.85 bits per heavy atom. The molecule has 3 aromatic rings. The Balaban J connectivity index is 1.73. The van der Waals surface area contributed by atoms with Crippen LogP contribution >= 0.6 is 0 Å². The van der Waals surface area contributed by atoms with E-state index < -0.39 is 6.04 Å². The first-order valence-electron chi connectivity index (χ1n) is 8.75. The number of amides is 2. The molecule has 0 radical (unpaired) electrons. The summed E-state index contributed by atoms with van der Waals surface area (Å²) in [5.41, 5.74) is 3.67. The zero-order valence-corrected chi connectivity index (χ0v) is 15.6. The predicted octanol–water partition coefficient (Wildman–Crippen LogP) is 3.69. The van der Waals surface area contributed by atoms with Gasteiger partial charge in [0.25, 0.3) is 0 Å². The third kappa shape index (κ3) is 4.67. The zero-order valence-electron chi connectivity index (χ0n) is 15.6. The summed E-state index contributed by atoms with van der Waals surface area (Å²) in [4.78, 5) is 27.4. The van der Waals surface area contributed by atoms with Crippen LogP contribution in [0.15, 0.2) is 48.5 Å². The van der Waals surface area contributed by atoms with Gasteiger partial charge in [-0.2, -0.15) is 0 Å². The minimum Gasteiger partial charge on any atom is -0.497 e. The van der Waals surface area contributed by atoms with Crippen LogP contribution in [0, 0.1) is 6.92 Å². The van der Waals surface area contributed by atoms with Gasteiger partial charge < -0.3 is 20.4 Å². The summed E-state index contributed by atoms with van der Waals surface area (Å²) in [6, 6.07) is 14.7. The van der Waals surface area contributed by atoms with E-state index >= 15 is 0 Å². The van der Waals surface area contributed by atoms with Crippen LogP contribution in [0.2, 0.25) is 0 Å². The van der Waals surface area contributed by atoms with E-state index in [0.717, 1.165) is 33.6 Å². The highest BCUT2D eigenvalue weighted by Crippen LogP contribution is 2.23. The summed E-state index contributed by atoms with van der Waals surface area (Å²) in [5.74, 6) is 0.365. The predicted molar refractivity (Wildman–Crippen MR) is 106 cm³/mol. The number of ether oxygens (including phenoxy) is 1. The highest BCUT2D eigenvalue weighted by molar-refractivity contribution is 5.94. The van der Waals surface area contributed by atoms with Crippen molar-refractivity contribution in [1.29, 1.82) is 0 Å². The molecule has 0 bridgehead atoms. The molecule has 2 amide bonds. The molecule has 27 heavy (non-hydrogen) atoms. The topological polar surface area (TPSA) is 83.2 Å². The van der Waals surface area contributed by atoms with Crippen LogP contribution in [0.3, 0.4) is 0 Å². The van der Waals surface area contributed by atoms with Crippen molar-refractivity contribution in [3.8, 4) is 5.75 Å². The van der Waals surface area contributed by atoms with Gasteiger partial charge in [0.2, 0.25) is 11.8 Å². The quantitative estimate of drug-likeness (QED) is 0.623. The fourth-order valence-electron chi connectivity index (χ4n) is 3.09. The van der Waals surface area contributed by atoms with Gasteiger partial charge in [-0.15, -0.1) is 0 Å². The maximum absolute atomic E-state index is 12.5. The lowest BCUT2D eigenvalue weighted by atomic mass is 10.0. The molecule has 2 aromatic carbocycles. The third-order valence-electron chi connectivity index (χ3n) is 4.32. The number of hydrogen-bond acceptors (Lipinski definition) is 3. The molecule has 0 aliphatic heterocycles. The van der Waals surface area contributed by atoms with Crippen LogP contribution < -0.4 is 15.4 Å². The average Bonchev–Trinajstić information content (AvgIpc) is 3.00. The van der Waals surface area contributed by atoms with Crippen LogP contribution in [-0.4, -0.2) is 23.9 Å². The fraction of sp³-hybridized carbons (Fsp3) is 0.238. The molecular formula is C21H23N3O3. The normalized spacial score (nSPS) is 11.8. The van der Waals surface area contributed by atoms with Crippen molar-refractivity contribution in [1.82, 2.24) is 10.3 Å². The van der Waals surface area contributed by atoms with E-state index in [0.29, 0.717) is 0 Å². The highest BCUT2D eigenvalue weighted by atomic mass is 16.5. The smallest absolute Gasteiger partial charge is 0.226 e. The molecule has 3 rings (SSSR count). The number of methoxy groups -OCH3 is 1. The summed E-state index contributed by atoms with van der Waals surface area (Å²) in [6.45, 7) is 3.43. The van der Waals surface area contributed by atoms with Crippen LogP contribution in [-0.2, 0) is 9.59 Å².